The number of hydrogen-bond acceptors (Lipinski definition) is 3. The summed E-state index contributed by atoms with van der Waals surface area (Å²) in [5, 5.41) is 0.626. The van der Waals surface area contributed by atoms with Gasteiger partial charge in [-0.2, -0.15) is 0 Å². The minimum atomic E-state index is -0.0907. The van der Waals surface area contributed by atoms with Gasteiger partial charge in [0.2, 0.25) is 5.91 Å². The van der Waals surface area contributed by atoms with Gasteiger partial charge >= 0.3 is 0 Å². The number of para-hydroxylation sites is 1. The maximum Gasteiger partial charge on any atom is 0.262 e. The van der Waals surface area contributed by atoms with Crippen molar-refractivity contribution in [2.75, 3.05) is 13.1 Å². The Morgan fingerprint density at radius 3 is 2.64 bits per heavy atom. The number of aromatic amines is 1. The van der Waals surface area contributed by atoms with Gasteiger partial charge in [0.1, 0.15) is 0 Å². The van der Waals surface area contributed by atoms with E-state index in [1.807, 2.05) is 23.1 Å². The fourth-order valence-electron chi connectivity index (χ4n) is 3.82. The zero-order chi connectivity index (χ0) is 18.0. The second-order valence-corrected chi connectivity index (χ2v) is 7.67. The van der Waals surface area contributed by atoms with Gasteiger partial charge < -0.3 is 9.88 Å². The minimum absolute atomic E-state index is 0.0907. The van der Waals surface area contributed by atoms with E-state index in [4.69, 9.17) is 12.2 Å². The molecule has 0 spiro atoms. The van der Waals surface area contributed by atoms with Crippen LogP contribution in [0.25, 0.3) is 10.9 Å². The monoisotopic (exact) mass is 359 g/mol. The van der Waals surface area contributed by atoms with Crippen LogP contribution in [-0.4, -0.2) is 33.4 Å². The van der Waals surface area contributed by atoms with E-state index >= 15 is 0 Å². The smallest absolute Gasteiger partial charge is 0.262 e. The Balaban J connectivity index is 1.66. The second-order valence-electron chi connectivity index (χ2n) is 7.28. The summed E-state index contributed by atoms with van der Waals surface area (Å²) in [7, 11) is 0. The number of hydrogen-bond donors (Lipinski definition) is 1. The van der Waals surface area contributed by atoms with Crippen molar-refractivity contribution in [3.8, 4) is 0 Å². The van der Waals surface area contributed by atoms with Crippen LogP contribution >= 0.6 is 12.2 Å². The molecule has 1 aliphatic heterocycles. The van der Waals surface area contributed by atoms with Crippen LogP contribution in [0.4, 0.5) is 0 Å². The molecule has 1 amide bonds. The van der Waals surface area contributed by atoms with E-state index in [9.17, 15) is 9.59 Å². The average molecular weight is 359 g/mol. The summed E-state index contributed by atoms with van der Waals surface area (Å²) >= 11 is 5.31. The fraction of sp³-hybridized carbons (Fsp3) is 0.526. The number of carbonyl (C=O) groups excluding carboxylic acids is 1. The Hall–Kier alpha value is -1.95. The number of nitrogens with one attached hydrogen (secondary N) is 1. The zero-order valence-corrected chi connectivity index (χ0v) is 15.6. The molecule has 0 bridgehead atoms. The minimum Gasteiger partial charge on any atom is -0.342 e. The number of rotatable bonds is 4. The van der Waals surface area contributed by atoms with Crippen molar-refractivity contribution in [2.24, 2.45) is 11.8 Å². The van der Waals surface area contributed by atoms with Gasteiger partial charge in [-0.1, -0.05) is 26.0 Å². The van der Waals surface area contributed by atoms with Gasteiger partial charge in [-0.25, -0.2) is 0 Å². The van der Waals surface area contributed by atoms with E-state index in [1.54, 1.807) is 10.6 Å². The first-order valence-corrected chi connectivity index (χ1v) is 9.36. The first kappa shape index (κ1) is 17.9. The van der Waals surface area contributed by atoms with E-state index in [0.717, 1.165) is 18.6 Å². The summed E-state index contributed by atoms with van der Waals surface area (Å²) in [5.41, 5.74) is 0.660. The van der Waals surface area contributed by atoms with Crippen LogP contribution in [0.2, 0.25) is 0 Å². The molecule has 2 atom stereocenters. The number of amides is 1. The van der Waals surface area contributed by atoms with Gasteiger partial charge in [-0.3, -0.25) is 14.2 Å². The highest BCUT2D eigenvalue weighted by molar-refractivity contribution is 7.71. The highest BCUT2D eigenvalue weighted by Gasteiger charge is 2.24. The molecule has 1 aliphatic rings. The van der Waals surface area contributed by atoms with Crippen LogP contribution in [-0.2, 0) is 11.3 Å². The summed E-state index contributed by atoms with van der Waals surface area (Å²) in [6, 6.07) is 7.35. The fourth-order valence-corrected chi connectivity index (χ4v) is 4.10. The van der Waals surface area contributed by atoms with Crippen LogP contribution < -0.4 is 5.56 Å². The Morgan fingerprint density at radius 2 is 1.92 bits per heavy atom. The molecule has 134 valence electrons. The summed E-state index contributed by atoms with van der Waals surface area (Å²) < 4.78 is 1.98. The second kappa shape index (κ2) is 7.52. The van der Waals surface area contributed by atoms with Crippen LogP contribution in [0.15, 0.2) is 29.1 Å². The number of nitrogens with zero attached hydrogens (tertiary/aromatic N) is 2. The van der Waals surface area contributed by atoms with E-state index in [1.165, 1.54) is 6.42 Å². The first-order chi connectivity index (χ1) is 12.0. The molecule has 0 saturated carbocycles. The van der Waals surface area contributed by atoms with Crippen molar-refractivity contribution in [1.29, 1.82) is 0 Å². The predicted octanol–water partition coefficient (Wildman–Crippen LogP) is 3.34. The topological polar surface area (TPSA) is 58.1 Å². The number of piperidine rings is 1. The highest BCUT2D eigenvalue weighted by Crippen LogP contribution is 2.21. The lowest BCUT2D eigenvalue weighted by atomic mass is 9.91. The van der Waals surface area contributed by atoms with Gasteiger partial charge in [-0.15, -0.1) is 0 Å². The van der Waals surface area contributed by atoms with Crippen LogP contribution in [0.5, 0.6) is 0 Å². The van der Waals surface area contributed by atoms with Gasteiger partial charge in [0.05, 0.1) is 10.9 Å². The zero-order valence-electron chi connectivity index (χ0n) is 14.8. The molecular formula is C19H25N3O2S. The summed E-state index contributed by atoms with van der Waals surface area (Å²) in [5.74, 6) is 1.30. The van der Waals surface area contributed by atoms with Crippen LogP contribution in [0, 0.1) is 16.6 Å². The third kappa shape index (κ3) is 4.00. The van der Waals surface area contributed by atoms with Crippen LogP contribution in [0.1, 0.15) is 33.1 Å². The first-order valence-electron chi connectivity index (χ1n) is 8.95. The van der Waals surface area contributed by atoms with Crippen molar-refractivity contribution < 1.29 is 4.79 Å². The number of aromatic nitrogens is 2. The van der Waals surface area contributed by atoms with Crippen molar-refractivity contribution >= 4 is 29.0 Å². The molecule has 25 heavy (non-hydrogen) atoms. The molecule has 0 aliphatic carbocycles. The Morgan fingerprint density at radius 1 is 1.24 bits per heavy atom. The standard InChI is InChI=1S/C19H25N3O2S/c1-13-10-14(2)12-21(11-13)17(23)8-5-9-22-18(24)15-6-3-4-7-16(15)20-19(22)25/h3-4,6-7,13-14H,5,8-12H2,1-2H3,(H,20,25)/t13-,14-/m0/s1. The molecular weight excluding hydrogens is 334 g/mol. The van der Waals surface area contributed by atoms with Crippen molar-refractivity contribution in [1.82, 2.24) is 14.5 Å². The van der Waals surface area contributed by atoms with Crippen molar-refractivity contribution in [2.45, 2.75) is 39.7 Å². The summed E-state index contributed by atoms with van der Waals surface area (Å²) in [6.07, 6.45) is 2.26. The molecule has 1 saturated heterocycles. The quantitative estimate of drug-likeness (QED) is 0.852. The predicted molar refractivity (Wildman–Crippen MR) is 102 cm³/mol. The number of H-pyrrole nitrogens is 1. The van der Waals surface area contributed by atoms with Crippen LogP contribution in [0.3, 0.4) is 0 Å². The van der Waals surface area contributed by atoms with Crippen molar-refractivity contribution in [3.63, 3.8) is 0 Å². The maximum absolute atomic E-state index is 12.6. The number of carbonyl (C=O) groups is 1. The maximum atomic E-state index is 12.6. The van der Waals surface area contributed by atoms with E-state index in [2.05, 4.69) is 18.8 Å². The molecule has 1 aromatic heterocycles. The van der Waals surface area contributed by atoms with E-state index in [-0.39, 0.29) is 11.5 Å². The molecule has 1 fully saturated rings. The molecule has 1 N–H and O–H groups in total. The molecule has 0 unspecified atom stereocenters. The lowest BCUT2D eigenvalue weighted by Crippen LogP contribution is -2.42. The van der Waals surface area contributed by atoms with E-state index < -0.39 is 0 Å². The lowest BCUT2D eigenvalue weighted by Gasteiger charge is -2.35. The largest absolute Gasteiger partial charge is 0.342 e. The SMILES string of the molecule is C[C@H]1C[C@H](C)CN(C(=O)CCCn2c(=S)[nH]c3ccccc3c2=O)C1. The van der Waals surface area contributed by atoms with Crippen molar-refractivity contribution in [3.05, 3.63) is 39.4 Å². The molecule has 1 aromatic carbocycles. The summed E-state index contributed by atoms with van der Waals surface area (Å²) in [4.78, 5) is 30.1. The molecule has 6 heteroatoms. The lowest BCUT2D eigenvalue weighted by molar-refractivity contribution is -0.134. The van der Waals surface area contributed by atoms with E-state index in [0.29, 0.717) is 41.4 Å². The Kier molecular flexibility index (Phi) is 5.37. The number of fused-ring (bicyclic) bond motifs is 1. The molecule has 2 heterocycles. The third-order valence-electron chi connectivity index (χ3n) is 4.88. The number of likely N-dealkylation sites (tertiary alicyclic amines) is 1. The highest BCUT2D eigenvalue weighted by atomic mass is 32.1. The van der Waals surface area contributed by atoms with Gasteiger partial charge in [0.25, 0.3) is 5.56 Å². The molecule has 5 nitrogen and oxygen atoms in total. The van der Waals surface area contributed by atoms with Gasteiger partial charge in [0, 0.05) is 26.1 Å². The summed E-state index contributed by atoms with van der Waals surface area (Å²) in [6.45, 7) is 6.55. The third-order valence-corrected chi connectivity index (χ3v) is 5.21. The normalized spacial score (nSPS) is 20.8. The van der Waals surface area contributed by atoms with Gasteiger partial charge in [0.15, 0.2) is 4.77 Å². The molecule has 0 radical (unpaired) electrons. The Bertz CT molecular complexity index is 876. The molecule has 2 aromatic rings. The number of benzene rings is 1. The molecule has 3 rings (SSSR count). The average Bonchev–Trinajstić information content (AvgIpc) is 2.56. The Labute approximate surface area is 152 Å². The van der Waals surface area contributed by atoms with Gasteiger partial charge in [-0.05, 0) is 49.0 Å².